The molecule has 0 spiro atoms. The number of benzene rings is 1. The van der Waals surface area contributed by atoms with Gasteiger partial charge in [0.2, 0.25) is 10.0 Å². The van der Waals surface area contributed by atoms with Crippen molar-refractivity contribution in [3.63, 3.8) is 0 Å². The fraction of sp³-hybridized carbons (Fsp3) is 0.538. The zero-order chi connectivity index (χ0) is 16.0. The number of rotatable bonds is 8. The van der Waals surface area contributed by atoms with Crippen LogP contribution in [0.3, 0.4) is 0 Å². The average molecular weight is 322 g/mol. The zero-order valence-corrected chi connectivity index (χ0v) is 12.6. The van der Waals surface area contributed by atoms with Crippen molar-refractivity contribution in [2.75, 3.05) is 19.7 Å². The minimum Gasteiger partial charge on any atom is -0.395 e. The lowest BCUT2D eigenvalue weighted by Crippen LogP contribution is -2.37. The summed E-state index contributed by atoms with van der Waals surface area (Å²) in [6.07, 6.45) is -2.19. The summed E-state index contributed by atoms with van der Waals surface area (Å²) in [5.74, 6) is 0. The summed E-state index contributed by atoms with van der Waals surface area (Å²) in [7, 11) is -4.08. The molecule has 0 radical (unpaired) electrons. The molecule has 1 rings (SSSR count). The number of halogens is 2. The largest absolute Gasteiger partial charge is 0.395 e. The Kier molecular flexibility index (Phi) is 6.66. The number of aliphatic hydroxyl groups is 1. The highest BCUT2D eigenvalue weighted by atomic mass is 32.2. The SMILES string of the molecule is CCC(N)c1cccc(S(=O)(=O)N(CCO)CC(F)F)c1. The van der Waals surface area contributed by atoms with E-state index in [-0.39, 0.29) is 17.5 Å². The van der Waals surface area contributed by atoms with Gasteiger partial charge in [0.15, 0.2) is 0 Å². The zero-order valence-electron chi connectivity index (χ0n) is 11.7. The van der Waals surface area contributed by atoms with Gasteiger partial charge in [0.25, 0.3) is 6.43 Å². The molecule has 0 heterocycles. The molecular weight excluding hydrogens is 302 g/mol. The minimum absolute atomic E-state index is 0.0991. The number of nitrogens with zero attached hydrogens (tertiary/aromatic N) is 1. The van der Waals surface area contributed by atoms with E-state index in [0.717, 1.165) is 0 Å². The van der Waals surface area contributed by atoms with Crippen LogP contribution in [0.5, 0.6) is 0 Å². The summed E-state index contributed by atoms with van der Waals surface area (Å²) in [4.78, 5) is -0.0991. The van der Waals surface area contributed by atoms with Crippen LogP contribution in [0, 0.1) is 0 Å². The van der Waals surface area contributed by atoms with E-state index in [1.165, 1.54) is 18.2 Å². The molecule has 21 heavy (non-hydrogen) atoms. The summed E-state index contributed by atoms with van der Waals surface area (Å²) in [5, 5.41) is 8.87. The fourth-order valence-corrected chi connectivity index (χ4v) is 3.33. The maximum atomic E-state index is 12.5. The smallest absolute Gasteiger partial charge is 0.252 e. The Morgan fingerprint density at radius 3 is 2.57 bits per heavy atom. The molecule has 0 bridgehead atoms. The van der Waals surface area contributed by atoms with Gasteiger partial charge >= 0.3 is 0 Å². The standard InChI is InChI=1S/C13H20F2N2O3S/c1-2-12(16)10-4-3-5-11(8-10)21(19,20)17(6-7-18)9-13(14)15/h3-5,8,12-13,18H,2,6-7,9,16H2,1H3. The molecule has 120 valence electrons. The van der Waals surface area contributed by atoms with E-state index in [1.807, 2.05) is 6.92 Å². The van der Waals surface area contributed by atoms with Gasteiger partial charge < -0.3 is 10.8 Å². The van der Waals surface area contributed by atoms with Gasteiger partial charge in [0.05, 0.1) is 18.0 Å². The molecule has 0 fully saturated rings. The van der Waals surface area contributed by atoms with Crippen molar-refractivity contribution in [2.24, 2.45) is 5.73 Å². The Balaban J connectivity index is 3.15. The Bertz CT molecular complexity index is 552. The van der Waals surface area contributed by atoms with Crippen LogP contribution in [0.1, 0.15) is 24.9 Å². The van der Waals surface area contributed by atoms with E-state index in [1.54, 1.807) is 6.07 Å². The lowest BCUT2D eigenvalue weighted by atomic mass is 10.1. The molecule has 3 N–H and O–H groups in total. The monoisotopic (exact) mass is 322 g/mol. The number of sulfonamides is 1. The molecule has 1 aromatic rings. The number of nitrogens with two attached hydrogens (primary N) is 1. The number of alkyl halides is 2. The topological polar surface area (TPSA) is 83.6 Å². The highest BCUT2D eigenvalue weighted by Gasteiger charge is 2.27. The molecule has 0 aliphatic heterocycles. The minimum atomic E-state index is -4.08. The van der Waals surface area contributed by atoms with E-state index in [4.69, 9.17) is 10.8 Å². The van der Waals surface area contributed by atoms with Crippen molar-refractivity contribution in [2.45, 2.75) is 30.7 Å². The van der Waals surface area contributed by atoms with Crippen LogP contribution >= 0.6 is 0 Å². The molecule has 1 atom stereocenters. The Labute approximate surface area is 123 Å². The van der Waals surface area contributed by atoms with E-state index < -0.39 is 29.6 Å². The highest BCUT2D eigenvalue weighted by molar-refractivity contribution is 7.89. The lowest BCUT2D eigenvalue weighted by molar-refractivity contribution is 0.113. The summed E-state index contributed by atoms with van der Waals surface area (Å²) in [6.45, 7) is 0.00446. The predicted octanol–water partition coefficient (Wildman–Crippen LogP) is 1.34. The second-order valence-electron chi connectivity index (χ2n) is 4.56. The van der Waals surface area contributed by atoms with Gasteiger partial charge in [-0.1, -0.05) is 19.1 Å². The predicted molar refractivity (Wildman–Crippen MR) is 75.5 cm³/mol. The van der Waals surface area contributed by atoms with E-state index in [0.29, 0.717) is 16.3 Å². The Morgan fingerprint density at radius 2 is 2.05 bits per heavy atom. The Hall–Kier alpha value is -1.09. The fourth-order valence-electron chi connectivity index (χ4n) is 1.87. The van der Waals surface area contributed by atoms with Crippen LogP contribution < -0.4 is 5.73 Å². The van der Waals surface area contributed by atoms with Crippen LogP contribution in [0.15, 0.2) is 29.2 Å². The van der Waals surface area contributed by atoms with E-state index in [2.05, 4.69) is 0 Å². The van der Waals surface area contributed by atoms with Crippen molar-refractivity contribution in [3.8, 4) is 0 Å². The molecule has 0 aliphatic rings. The molecule has 8 heteroatoms. The molecular formula is C13H20F2N2O3S. The first-order chi connectivity index (χ1) is 9.82. The van der Waals surface area contributed by atoms with Gasteiger partial charge in [-0.2, -0.15) is 4.31 Å². The van der Waals surface area contributed by atoms with Crippen molar-refractivity contribution < 1.29 is 22.3 Å². The molecule has 5 nitrogen and oxygen atoms in total. The number of aliphatic hydroxyl groups excluding tert-OH is 1. The first kappa shape index (κ1) is 18.0. The molecule has 0 aliphatic carbocycles. The van der Waals surface area contributed by atoms with Crippen LogP contribution in [0.25, 0.3) is 0 Å². The first-order valence-corrected chi connectivity index (χ1v) is 8.01. The van der Waals surface area contributed by atoms with Crippen molar-refractivity contribution in [3.05, 3.63) is 29.8 Å². The van der Waals surface area contributed by atoms with Gasteiger partial charge in [-0.05, 0) is 24.1 Å². The second kappa shape index (κ2) is 7.79. The van der Waals surface area contributed by atoms with Crippen molar-refractivity contribution in [1.29, 1.82) is 0 Å². The maximum absolute atomic E-state index is 12.5. The average Bonchev–Trinajstić information content (AvgIpc) is 2.45. The van der Waals surface area contributed by atoms with Gasteiger partial charge in [0.1, 0.15) is 0 Å². The summed E-state index contributed by atoms with van der Waals surface area (Å²) >= 11 is 0. The Morgan fingerprint density at radius 1 is 1.38 bits per heavy atom. The summed E-state index contributed by atoms with van der Waals surface area (Å²) in [5.41, 5.74) is 6.48. The first-order valence-electron chi connectivity index (χ1n) is 6.57. The number of hydrogen-bond donors (Lipinski definition) is 2. The normalized spacial score (nSPS) is 13.9. The van der Waals surface area contributed by atoms with E-state index in [9.17, 15) is 17.2 Å². The van der Waals surface area contributed by atoms with Crippen molar-refractivity contribution >= 4 is 10.0 Å². The molecule has 0 saturated carbocycles. The van der Waals surface area contributed by atoms with Crippen LogP contribution in [0.4, 0.5) is 8.78 Å². The number of hydrogen-bond acceptors (Lipinski definition) is 4. The van der Waals surface area contributed by atoms with Gasteiger partial charge in [-0.3, -0.25) is 0 Å². The molecule has 1 unspecified atom stereocenters. The van der Waals surface area contributed by atoms with Gasteiger partial charge in [-0.25, -0.2) is 17.2 Å². The second-order valence-corrected chi connectivity index (χ2v) is 6.50. The third-order valence-corrected chi connectivity index (χ3v) is 4.92. The summed E-state index contributed by atoms with van der Waals surface area (Å²) in [6, 6.07) is 5.62. The highest BCUT2D eigenvalue weighted by Crippen LogP contribution is 2.21. The molecule has 1 aromatic carbocycles. The van der Waals surface area contributed by atoms with Gasteiger partial charge in [0, 0.05) is 12.6 Å². The van der Waals surface area contributed by atoms with E-state index >= 15 is 0 Å². The van der Waals surface area contributed by atoms with Gasteiger partial charge in [-0.15, -0.1) is 0 Å². The third-order valence-electron chi connectivity index (χ3n) is 3.05. The van der Waals surface area contributed by atoms with Crippen LogP contribution in [0.2, 0.25) is 0 Å². The quantitative estimate of drug-likeness (QED) is 0.756. The molecule has 0 amide bonds. The van der Waals surface area contributed by atoms with Crippen LogP contribution in [-0.4, -0.2) is 44.0 Å². The van der Waals surface area contributed by atoms with Crippen molar-refractivity contribution in [1.82, 2.24) is 4.31 Å². The lowest BCUT2D eigenvalue weighted by Gasteiger charge is -2.21. The summed E-state index contributed by atoms with van der Waals surface area (Å²) < 4.78 is 50.3. The van der Waals surface area contributed by atoms with Crippen LogP contribution in [-0.2, 0) is 10.0 Å². The molecule has 0 saturated heterocycles. The third kappa shape index (κ3) is 4.70. The maximum Gasteiger partial charge on any atom is 0.252 e. The molecule has 0 aromatic heterocycles.